The van der Waals surface area contributed by atoms with Crippen molar-refractivity contribution in [2.24, 2.45) is 5.92 Å². The van der Waals surface area contributed by atoms with Crippen molar-refractivity contribution in [2.75, 3.05) is 20.2 Å². The Kier molecular flexibility index (Phi) is 7.53. The van der Waals surface area contributed by atoms with Gasteiger partial charge in [0.2, 0.25) is 5.91 Å². The van der Waals surface area contributed by atoms with Crippen LogP contribution in [0.4, 0.5) is 0 Å². The molecule has 2 aromatic rings. The van der Waals surface area contributed by atoms with Gasteiger partial charge in [0.25, 0.3) is 0 Å². The molecule has 0 bridgehead atoms. The molecule has 1 aliphatic heterocycles. The first-order chi connectivity index (χ1) is 14.0. The highest BCUT2D eigenvalue weighted by Gasteiger charge is 2.24. The van der Waals surface area contributed by atoms with E-state index in [2.05, 4.69) is 34.5 Å². The number of likely N-dealkylation sites (tertiary alicyclic amines) is 1. The molecular formula is C24H32N2O3. The van der Waals surface area contributed by atoms with Gasteiger partial charge < -0.3 is 14.8 Å². The van der Waals surface area contributed by atoms with Gasteiger partial charge in [-0.1, -0.05) is 36.4 Å². The van der Waals surface area contributed by atoms with Gasteiger partial charge in [0, 0.05) is 19.0 Å². The molecule has 3 rings (SSSR count). The number of piperidine rings is 1. The number of rotatable bonds is 8. The molecule has 0 spiro atoms. The van der Waals surface area contributed by atoms with Crippen LogP contribution in [0.25, 0.3) is 0 Å². The van der Waals surface area contributed by atoms with Crippen LogP contribution >= 0.6 is 0 Å². The van der Waals surface area contributed by atoms with E-state index in [0.29, 0.717) is 12.3 Å². The average molecular weight is 397 g/mol. The van der Waals surface area contributed by atoms with Crippen LogP contribution in [0.1, 0.15) is 37.8 Å². The standard InChI is InChI=1S/C24H32N2O3/c1-18(2)29-22-10-9-20(15-23(22)28-3)16-25-24(27)21-11-13-26(14-12-21)17-19-7-5-4-6-8-19/h4-10,15,18,21H,11-14,16-17H2,1-3H3,(H,25,27). The molecule has 1 amide bonds. The first-order valence-corrected chi connectivity index (χ1v) is 10.4. The van der Waals surface area contributed by atoms with Gasteiger partial charge in [0.15, 0.2) is 11.5 Å². The second-order valence-electron chi connectivity index (χ2n) is 7.91. The van der Waals surface area contributed by atoms with Crippen LogP contribution < -0.4 is 14.8 Å². The number of benzene rings is 2. The van der Waals surface area contributed by atoms with Crippen molar-refractivity contribution in [2.45, 2.75) is 45.9 Å². The summed E-state index contributed by atoms with van der Waals surface area (Å²) in [4.78, 5) is 15.0. The van der Waals surface area contributed by atoms with Crippen LogP contribution in [0, 0.1) is 5.92 Å². The van der Waals surface area contributed by atoms with Crippen molar-refractivity contribution in [1.82, 2.24) is 10.2 Å². The van der Waals surface area contributed by atoms with E-state index >= 15 is 0 Å². The van der Waals surface area contributed by atoms with E-state index in [1.165, 1.54) is 5.56 Å². The predicted molar refractivity (Wildman–Crippen MR) is 115 cm³/mol. The number of hydrogen-bond donors (Lipinski definition) is 1. The summed E-state index contributed by atoms with van der Waals surface area (Å²) in [5.74, 6) is 1.65. The molecule has 29 heavy (non-hydrogen) atoms. The van der Waals surface area contributed by atoms with Gasteiger partial charge in [-0.3, -0.25) is 9.69 Å². The summed E-state index contributed by atoms with van der Waals surface area (Å²) in [6.07, 6.45) is 1.90. The topological polar surface area (TPSA) is 50.8 Å². The third kappa shape index (κ3) is 6.23. The van der Waals surface area contributed by atoms with Gasteiger partial charge >= 0.3 is 0 Å². The third-order valence-corrected chi connectivity index (χ3v) is 5.26. The summed E-state index contributed by atoms with van der Waals surface area (Å²) in [7, 11) is 1.63. The van der Waals surface area contributed by atoms with Crippen LogP contribution in [0.2, 0.25) is 0 Å². The number of carbonyl (C=O) groups excluding carboxylic acids is 1. The monoisotopic (exact) mass is 396 g/mol. The van der Waals surface area contributed by atoms with Gasteiger partial charge in [0.05, 0.1) is 13.2 Å². The van der Waals surface area contributed by atoms with Crippen molar-refractivity contribution < 1.29 is 14.3 Å². The van der Waals surface area contributed by atoms with Gasteiger partial charge in [-0.25, -0.2) is 0 Å². The average Bonchev–Trinajstić information content (AvgIpc) is 2.73. The SMILES string of the molecule is COc1cc(CNC(=O)C2CCN(Cc3ccccc3)CC2)ccc1OC(C)C. The third-order valence-electron chi connectivity index (χ3n) is 5.26. The summed E-state index contributed by atoms with van der Waals surface area (Å²) in [6.45, 7) is 7.35. The maximum atomic E-state index is 12.6. The molecule has 1 fully saturated rings. The molecule has 0 aromatic heterocycles. The highest BCUT2D eigenvalue weighted by molar-refractivity contribution is 5.78. The van der Waals surface area contributed by atoms with Crippen molar-refractivity contribution in [1.29, 1.82) is 0 Å². The number of amides is 1. The van der Waals surface area contributed by atoms with Crippen molar-refractivity contribution >= 4 is 5.91 Å². The summed E-state index contributed by atoms with van der Waals surface area (Å²) in [6, 6.07) is 16.3. The summed E-state index contributed by atoms with van der Waals surface area (Å²) in [5, 5.41) is 3.09. The summed E-state index contributed by atoms with van der Waals surface area (Å²) < 4.78 is 11.2. The molecule has 1 saturated heterocycles. The van der Waals surface area contributed by atoms with Crippen molar-refractivity contribution in [3.8, 4) is 11.5 Å². The van der Waals surface area contributed by atoms with E-state index in [0.717, 1.165) is 43.8 Å². The van der Waals surface area contributed by atoms with Gasteiger partial charge in [0.1, 0.15) is 0 Å². The smallest absolute Gasteiger partial charge is 0.223 e. The van der Waals surface area contributed by atoms with Crippen LogP contribution in [-0.2, 0) is 17.9 Å². The first-order valence-electron chi connectivity index (χ1n) is 10.4. The lowest BCUT2D eigenvalue weighted by atomic mass is 9.95. The largest absolute Gasteiger partial charge is 0.493 e. The number of hydrogen-bond acceptors (Lipinski definition) is 4. The fourth-order valence-corrected chi connectivity index (χ4v) is 3.70. The summed E-state index contributed by atoms with van der Waals surface area (Å²) in [5.41, 5.74) is 2.34. The molecule has 0 aliphatic carbocycles. The number of nitrogens with one attached hydrogen (secondary N) is 1. The Morgan fingerprint density at radius 2 is 1.79 bits per heavy atom. The lowest BCUT2D eigenvalue weighted by Crippen LogP contribution is -2.40. The molecule has 1 aliphatic rings. The first kappa shape index (κ1) is 21.2. The van der Waals surface area contributed by atoms with Gasteiger partial charge in [-0.2, -0.15) is 0 Å². The van der Waals surface area contributed by atoms with E-state index in [1.54, 1.807) is 7.11 Å². The van der Waals surface area contributed by atoms with E-state index in [-0.39, 0.29) is 17.9 Å². The molecule has 2 aromatic carbocycles. The van der Waals surface area contributed by atoms with Crippen LogP contribution in [0.5, 0.6) is 11.5 Å². The van der Waals surface area contributed by atoms with E-state index in [4.69, 9.17) is 9.47 Å². The number of ether oxygens (including phenoxy) is 2. The molecule has 1 heterocycles. The number of methoxy groups -OCH3 is 1. The lowest BCUT2D eigenvalue weighted by molar-refractivity contribution is -0.126. The highest BCUT2D eigenvalue weighted by atomic mass is 16.5. The molecule has 0 saturated carbocycles. The maximum absolute atomic E-state index is 12.6. The minimum absolute atomic E-state index is 0.0854. The highest BCUT2D eigenvalue weighted by Crippen LogP contribution is 2.29. The molecular weight excluding hydrogens is 364 g/mol. The quantitative estimate of drug-likeness (QED) is 0.732. The molecule has 5 nitrogen and oxygen atoms in total. The Labute approximate surface area is 174 Å². The predicted octanol–water partition coefficient (Wildman–Crippen LogP) is 4.01. The zero-order valence-corrected chi connectivity index (χ0v) is 17.7. The Morgan fingerprint density at radius 3 is 2.45 bits per heavy atom. The molecule has 1 N–H and O–H groups in total. The Morgan fingerprint density at radius 1 is 1.07 bits per heavy atom. The fraction of sp³-hybridized carbons (Fsp3) is 0.458. The van der Waals surface area contributed by atoms with Gasteiger partial charge in [-0.15, -0.1) is 0 Å². The maximum Gasteiger partial charge on any atom is 0.223 e. The normalized spacial score (nSPS) is 15.3. The fourth-order valence-electron chi connectivity index (χ4n) is 3.70. The van der Waals surface area contributed by atoms with E-state index in [1.807, 2.05) is 38.1 Å². The summed E-state index contributed by atoms with van der Waals surface area (Å²) >= 11 is 0. The lowest BCUT2D eigenvalue weighted by Gasteiger charge is -2.31. The molecule has 5 heteroatoms. The van der Waals surface area contributed by atoms with Crippen molar-refractivity contribution in [3.05, 3.63) is 59.7 Å². The second kappa shape index (κ2) is 10.3. The molecule has 0 atom stereocenters. The Balaban J connectivity index is 1.46. The molecule has 0 unspecified atom stereocenters. The molecule has 0 radical (unpaired) electrons. The minimum Gasteiger partial charge on any atom is -0.493 e. The number of nitrogens with zero attached hydrogens (tertiary/aromatic N) is 1. The zero-order chi connectivity index (χ0) is 20.6. The van der Waals surface area contributed by atoms with E-state index in [9.17, 15) is 4.79 Å². The number of carbonyl (C=O) groups is 1. The zero-order valence-electron chi connectivity index (χ0n) is 17.7. The van der Waals surface area contributed by atoms with Crippen LogP contribution in [0.15, 0.2) is 48.5 Å². The van der Waals surface area contributed by atoms with Crippen LogP contribution in [0.3, 0.4) is 0 Å². The van der Waals surface area contributed by atoms with Crippen LogP contribution in [-0.4, -0.2) is 37.1 Å². The van der Waals surface area contributed by atoms with E-state index < -0.39 is 0 Å². The van der Waals surface area contributed by atoms with Crippen molar-refractivity contribution in [3.63, 3.8) is 0 Å². The Hall–Kier alpha value is -2.53. The Bertz CT molecular complexity index is 784. The van der Waals surface area contributed by atoms with Gasteiger partial charge in [-0.05, 0) is 63.0 Å². The molecule has 156 valence electrons. The second-order valence-corrected chi connectivity index (χ2v) is 7.91. The minimum atomic E-state index is 0.0854.